The molecule has 6 nitrogen and oxygen atoms in total. The third kappa shape index (κ3) is 4.03. The number of aromatic amines is 1. The van der Waals surface area contributed by atoms with Crippen LogP contribution in [0.1, 0.15) is 28.9 Å². The number of nitrogens with one attached hydrogen (secondary N) is 2. The number of aryl methyl sites for hydroxylation is 1. The fraction of sp³-hybridized carbons (Fsp3) is 0.286. The van der Waals surface area contributed by atoms with Crippen molar-refractivity contribution in [1.82, 2.24) is 20.5 Å². The van der Waals surface area contributed by atoms with Crippen molar-refractivity contribution < 1.29 is 9.18 Å². The van der Waals surface area contributed by atoms with Crippen LogP contribution in [-0.4, -0.2) is 40.2 Å². The molecule has 28 heavy (non-hydrogen) atoms. The Balaban J connectivity index is 1.42. The lowest BCUT2D eigenvalue weighted by atomic mass is 10.0. The molecule has 0 radical (unpaired) electrons. The molecule has 2 aromatic heterocycles. The lowest BCUT2D eigenvalue weighted by Crippen LogP contribution is -2.48. The van der Waals surface area contributed by atoms with Gasteiger partial charge in [0.25, 0.3) is 5.91 Å². The smallest absolute Gasteiger partial charge is 0.253 e. The van der Waals surface area contributed by atoms with Crippen LogP contribution in [0.3, 0.4) is 0 Å². The van der Waals surface area contributed by atoms with Crippen LogP contribution in [0.25, 0.3) is 11.3 Å². The number of carbonyl (C=O) groups is 1. The van der Waals surface area contributed by atoms with E-state index in [1.807, 2.05) is 19.1 Å². The first-order valence-corrected chi connectivity index (χ1v) is 9.38. The van der Waals surface area contributed by atoms with E-state index >= 15 is 0 Å². The van der Waals surface area contributed by atoms with Crippen LogP contribution in [0.5, 0.6) is 0 Å². The molecule has 1 aromatic carbocycles. The van der Waals surface area contributed by atoms with Gasteiger partial charge in [-0.2, -0.15) is 5.10 Å². The van der Waals surface area contributed by atoms with E-state index in [1.165, 1.54) is 12.1 Å². The number of benzene rings is 1. The first-order chi connectivity index (χ1) is 13.6. The Kier molecular flexibility index (Phi) is 5.06. The molecule has 1 amide bonds. The number of anilines is 1. The first-order valence-electron chi connectivity index (χ1n) is 9.38. The molecule has 1 aliphatic rings. The average Bonchev–Trinajstić information content (AvgIpc) is 3.19. The maximum Gasteiger partial charge on any atom is 0.253 e. The number of carbonyl (C=O) groups excluding carboxylic acids is 1. The highest BCUT2D eigenvalue weighted by Gasteiger charge is 2.23. The monoisotopic (exact) mass is 379 g/mol. The fourth-order valence-corrected chi connectivity index (χ4v) is 3.42. The number of aromatic nitrogens is 3. The summed E-state index contributed by atoms with van der Waals surface area (Å²) in [7, 11) is 0. The highest BCUT2D eigenvalue weighted by Crippen LogP contribution is 2.24. The highest BCUT2D eigenvalue weighted by molar-refractivity contribution is 5.94. The SMILES string of the molecule is Cc1ccc(C(=O)NC2CCCN(c3cc(-c4ccc(F)cc4)[nH]n3)C2)cn1. The van der Waals surface area contributed by atoms with Crippen LogP contribution in [0, 0.1) is 12.7 Å². The molecule has 3 heterocycles. The largest absolute Gasteiger partial charge is 0.353 e. The Bertz CT molecular complexity index is 952. The van der Waals surface area contributed by atoms with Crippen LogP contribution in [0.15, 0.2) is 48.7 Å². The van der Waals surface area contributed by atoms with Crippen molar-refractivity contribution in [3.05, 3.63) is 65.7 Å². The van der Waals surface area contributed by atoms with E-state index in [0.29, 0.717) is 12.1 Å². The van der Waals surface area contributed by atoms with Crippen molar-refractivity contribution in [2.45, 2.75) is 25.8 Å². The quantitative estimate of drug-likeness (QED) is 0.729. The Morgan fingerprint density at radius 3 is 2.82 bits per heavy atom. The molecule has 4 rings (SSSR count). The summed E-state index contributed by atoms with van der Waals surface area (Å²) in [6, 6.07) is 12.0. The summed E-state index contributed by atoms with van der Waals surface area (Å²) in [5.41, 5.74) is 3.18. The van der Waals surface area contributed by atoms with Crippen molar-refractivity contribution in [2.24, 2.45) is 0 Å². The number of amides is 1. The van der Waals surface area contributed by atoms with Gasteiger partial charge in [0.05, 0.1) is 11.3 Å². The molecular formula is C21H22FN5O. The van der Waals surface area contributed by atoms with Crippen molar-refractivity contribution >= 4 is 11.7 Å². The summed E-state index contributed by atoms with van der Waals surface area (Å²) >= 11 is 0. The molecule has 0 spiro atoms. The van der Waals surface area contributed by atoms with E-state index in [2.05, 4.69) is 25.4 Å². The first kappa shape index (κ1) is 18.2. The molecule has 1 unspecified atom stereocenters. The molecule has 3 aromatic rings. The van der Waals surface area contributed by atoms with Gasteiger partial charge in [0.15, 0.2) is 5.82 Å². The molecule has 0 aliphatic carbocycles. The topological polar surface area (TPSA) is 73.9 Å². The van der Waals surface area contributed by atoms with E-state index < -0.39 is 0 Å². The van der Waals surface area contributed by atoms with E-state index in [4.69, 9.17) is 0 Å². The second kappa shape index (κ2) is 7.80. The van der Waals surface area contributed by atoms with E-state index in [-0.39, 0.29) is 17.8 Å². The van der Waals surface area contributed by atoms with E-state index in [1.54, 1.807) is 24.4 Å². The van der Waals surface area contributed by atoms with Gasteiger partial charge in [-0.25, -0.2) is 4.39 Å². The van der Waals surface area contributed by atoms with Gasteiger partial charge in [-0.15, -0.1) is 0 Å². The zero-order valence-corrected chi connectivity index (χ0v) is 15.7. The molecule has 1 atom stereocenters. The van der Waals surface area contributed by atoms with Gasteiger partial charge >= 0.3 is 0 Å². The summed E-state index contributed by atoms with van der Waals surface area (Å²) in [6.45, 7) is 3.47. The van der Waals surface area contributed by atoms with E-state index in [9.17, 15) is 9.18 Å². The highest BCUT2D eigenvalue weighted by atomic mass is 19.1. The second-order valence-electron chi connectivity index (χ2n) is 7.09. The van der Waals surface area contributed by atoms with Crippen molar-refractivity contribution in [2.75, 3.05) is 18.0 Å². The molecule has 2 N–H and O–H groups in total. The standard InChI is InChI=1S/C21H22FN5O/c1-14-4-5-16(12-23-14)21(28)24-18-3-2-10-27(13-18)20-11-19(25-26-20)15-6-8-17(22)9-7-15/h4-9,11-12,18H,2-3,10,13H2,1H3,(H,24,28)(H,25,26). The summed E-state index contributed by atoms with van der Waals surface area (Å²) < 4.78 is 13.1. The molecule has 0 bridgehead atoms. The second-order valence-corrected chi connectivity index (χ2v) is 7.09. The summed E-state index contributed by atoms with van der Waals surface area (Å²) in [4.78, 5) is 18.8. The van der Waals surface area contributed by atoms with Gasteiger partial charge < -0.3 is 10.2 Å². The number of pyridine rings is 1. The Morgan fingerprint density at radius 2 is 2.07 bits per heavy atom. The van der Waals surface area contributed by atoms with Gasteiger partial charge in [0.2, 0.25) is 0 Å². The normalized spacial score (nSPS) is 16.8. The number of H-pyrrole nitrogens is 1. The van der Waals surface area contributed by atoms with Crippen molar-refractivity contribution in [1.29, 1.82) is 0 Å². The van der Waals surface area contributed by atoms with Crippen LogP contribution in [0.2, 0.25) is 0 Å². The molecule has 144 valence electrons. The number of piperidine rings is 1. The minimum absolute atomic E-state index is 0.0496. The summed E-state index contributed by atoms with van der Waals surface area (Å²) in [5, 5.41) is 10.5. The van der Waals surface area contributed by atoms with E-state index in [0.717, 1.165) is 42.2 Å². The predicted molar refractivity (Wildman–Crippen MR) is 106 cm³/mol. The van der Waals surface area contributed by atoms with Gasteiger partial charge in [0.1, 0.15) is 5.82 Å². The number of hydrogen-bond acceptors (Lipinski definition) is 4. The fourth-order valence-electron chi connectivity index (χ4n) is 3.42. The Morgan fingerprint density at radius 1 is 1.25 bits per heavy atom. The molecule has 0 saturated carbocycles. The lowest BCUT2D eigenvalue weighted by Gasteiger charge is -2.33. The number of rotatable bonds is 4. The zero-order chi connectivity index (χ0) is 19.5. The average molecular weight is 379 g/mol. The predicted octanol–water partition coefficient (Wildman–Crippen LogP) is 3.32. The molecule has 1 fully saturated rings. The lowest BCUT2D eigenvalue weighted by molar-refractivity contribution is 0.0932. The van der Waals surface area contributed by atoms with Crippen LogP contribution >= 0.6 is 0 Å². The molecular weight excluding hydrogens is 357 g/mol. The third-order valence-electron chi connectivity index (χ3n) is 4.97. The van der Waals surface area contributed by atoms with Gasteiger partial charge in [-0.1, -0.05) is 0 Å². The summed E-state index contributed by atoms with van der Waals surface area (Å²) in [6.07, 6.45) is 3.50. The van der Waals surface area contributed by atoms with Crippen LogP contribution in [0.4, 0.5) is 10.2 Å². The third-order valence-corrected chi connectivity index (χ3v) is 4.97. The molecule has 7 heteroatoms. The number of halogens is 1. The maximum atomic E-state index is 13.1. The molecule has 1 aliphatic heterocycles. The Labute approximate surface area is 162 Å². The van der Waals surface area contributed by atoms with Crippen molar-refractivity contribution in [3.63, 3.8) is 0 Å². The zero-order valence-electron chi connectivity index (χ0n) is 15.7. The number of hydrogen-bond donors (Lipinski definition) is 2. The van der Waals surface area contributed by atoms with Gasteiger partial charge in [0, 0.05) is 37.1 Å². The maximum absolute atomic E-state index is 13.1. The minimum Gasteiger partial charge on any atom is -0.353 e. The molecule has 1 saturated heterocycles. The minimum atomic E-state index is -0.262. The van der Waals surface area contributed by atoms with Gasteiger partial charge in [-0.3, -0.25) is 14.9 Å². The Hall–Kier alpha value is -3.22. The van der Waals surface area contributed by atoms with Crippen LogP contribution in [-0.2, 0) is 0 Å². The summed E-state index contributed by atoms with van der Waals surface area (Å²) in [5.74, 6) is 0.463. The number of nitrogens with zero attached hydrogens (tertiary/aromatic N) is 3. The van der Waals surface area contributed by atoms with Gasteiger partial charge in [-0.05, 0) is 61.7 Å². The van der Waals surface area contributed by atoms with Crippen LogP contribution < -0.4 is 10.2 Å². The van der Waals surface area contributed by atoms with Crippen molar-refractivity contribution in [3.8, 4) is 11.3 Å².